The standard InChI is InChI=1S/C12H25N/c1-7-12(4,5)10-9-11(3)13(6)8-2/h3,7-10H2,1-2,4-6H3. The Morgan fingerprint density at radius 3 is 2.23 bits per heavy atom. The van der Waals surface area contributed by atoms with Crippen LogP contribution >= 0.6 is 0 Å². The zero-order chi connectivity index (χ0) is 10.5. The van der Waals surface area contributed by atoms with Crippen LogP contribution in [0.15, 0.2) is 12.3 Å². The van der Waals surface area contributed by atoms with E-state index in [4.69, 9.17) is 0 Å². The normalized spacial score (nSPS) is 11.5. The highest BCUT2D eigenvalue weighted by molar-refractivity contribution is 4.93. The topological polar surface area (TPSA) is 3.24 Å². The van der Waals surface area contributed by atoms with E-state index in [0.717, 1.165) is 13.0 Å². The van der Waals surface area contributed by atoms with Crippen LogP contribution in [0, 0.1) is 5.41 Å². The summed E-state index contributed by atoms with van der Waals surface area (Å²) in [6.07, 6.45) is 3.62. The van der Waals surface area contributed by atoms with Gasteiger partial charge in [-0.3, -0.25) is 0 Å². The first-order chi connectivity index (χ1) is 5.93. The zero-order valence-corrected chi connectivity index (χ0v) is 9.98. The van der Waals surface area contributed by atoms with E-state index in [1.54, 1.807) is 0 Å². The zero-order valence-electron chi connectivity index (χ0n) is 9.98. The van der Waals surface area contributed by atoms with Crippen LogP contribution in [0.2, 0.25) is 0 Å². The van der Waals surface area contributed by atoms with Crippen molar-refractivity contribution >= 4 is 0 Å². The first kappa shape index (κ1) is 12.5. The molecule has 13 heavy (non-hydrogen) atoms. The van der Waals surface area contributed by atoms with Crippen LogP contribution in [-0.2, 0) is 0 Å². The summed E-state index contributed by atoms with van der Waals surface area (Å²) in [6, 6.07) is 0. The third-order valence-electron chi connectivity index (χ3n) is 3.06. The molecule has 0 rings (SSSR count). The summed E-state index contributed by atoms with van der Waals surface area (Å²) in [5, 5.41) is 0. The lowest BCUT2D eigenvalue weighted by atomic mass is 9.85. The Bertz CT molecular complexity index is 159. The molecule has 0 bridgehead atoms. The first-order valence-electron chi connectivity index (χ1n) is 5.32. The molecule has 0 spiro atoms. The third-order valence-corrected chi connectivity index (χ3v) is 3.06. The summed E-state index contributed by atoms with van der Waals surface area (Å²) in [7, 11) is 2.11. The molecular formula is C12H25N. The second-order valence-electron chi connectivity index (χ2n) is 4.60. The molecule has 0 amide bonds. The maximum absolute atomic E-state index is 4.09. The molecule has 0 unspecified atom stereocenters. The molecule has 0 aromatic carbocycles. The van der Waals surface area contributed by atoms with Gasteiger partial charge in [-0.1, -0.05) is 33.8 Å². The Labute approximate surface area is 83.8 Å². The van der Waals surface area contributed by atoms with Crippen molar-refractivity contribution in [2.45, 2.75) is 47.0 Å². The minimum absolute atomic E-state index is 0.470. The van der Waals surface area contributed by atoms with E-state index in [2.05, 4.69) is 46.2 Å². The molecule has 0 atom stereocenters. The average molecular weight is 183 g/mol. The second-order valence-corrected chi connectivity index (χ2v) is 4.60. The lowest BCUT2D eigenvalue weighted by Gasteiger charge is -2.26. The van der Waals surface area contributed by atoms with Gasteiger partial charge in [0, 0.05) is 19.3 Å². The van der Waals surface area contributed by atoms with Gasteiger partial charge in [0.05, 0.1) is 0 Å². The maximum atomic E-state index is 4.09. The van der Waals surface area contributed by atoms with Gasteiger partial charge in [0.2, 0.25) is 0 Å². The highest BCUT2D eigenvalue weighted by Crippen LogP contribution is 2.27. The third kappa shape index (κ3) is 4.97. The van der Waals surface area contributed by atoms with E-state index >= 15 is 0 Å². The Morgan fingerprint density at radius 2 is 1.85 bits per heavy atom. The van der Waals surface area contributed by atoms with Crippen LogP contribution in [0.5, 0.6) is 0 Å². The van der Waals surface area contributed by atoms with Crippen LogP contribution in [0.25, 0.3) is 0 Å². The Kier molecular flexibility index (Phi) is 5.12. The summed E-state index contributed by atoms with van der Waals surface area (Å²) in [6.45, 7) is 14.2. The van der Waals surface area contributed by atoms with Crippen molar-refractivity contribution in [2.24, 2.45) is 5.41 Å². The van der Waals surface area contributed by atoms with Gasteiger partial charge in [-0.25, -0.2) is 0 Å². The van der Waals surface area contributed by atoms with E-state index in [9.17, 15) is 0 Å². The first-order valence-corrected chi connectivity index (χ1v) is 5.32. The SMILES string of the molecule is C=C(CCC(C)(C)CC)N(C)CC. The van der Waals surface area contributed by atoms with Crippen molar-refractivity contribution in [3.63, 3.8) is 0 Å². The van der Waals surface area contributed by atoms with E-state index in [0.29, 0.717) is 5.41 Å². The van der Waals surface area contributed by atoms with Crippen molar-refractivity contribution in [1.82, 2.24) is 4.90 Å². The van der Waals surface area contributed by atoms with Gasteiger partial charge < -0.3 is 4.90 Å². The van der Waals surface area contributed by atoms with Crippen molar-refractivity contribution in [1.29, 1.82) is 0 Å². The van der Waals surface area contributed by atoms with Crippen molar-refractivity contribution in [2.75, 3.05) is 13.6 Å². The average Bonchev–Trinajstić information content (AvgIpc) is 2.13. The number of allylic oxidation sites excluding steroid dienone is 1. The number of nitrogens with zero attached hydrogens (tertiary/aromatic N) is 1. The molecule has 0 saturated carbocycles. The molecule has 1 nitrogen and oxygen atoms in total. The molecule has 0 radical (unpaired) electrons. The van der Waals surface area contributed by atoms with E-state index in [-0.39, 0.29) is 0 Å². The van der Waals surface area contributed by atoms with Crippen molar-refractivity contribution < 1.29 is 0 Å². The fourth-order valence-corrected chi connectivity index (χ4v) is 1.07. The molecule has 0 fully saturated rings. The number of hydrogen-bond donors (Lipinski definition) is 0. The van der Waals surface area contributed by atoms with Crippen LogP contribution in [-0.4, -0.2) is 18.5 Å². The molecule has 0 aromatic rings. The fraction of sp³-hybridized carbons (Fsp3) is 0.833. The van der Waals surface area contributed by atoms with Crippen LogP contribution in [0.3, 0.4) is 0 Å². The molecule has 0 aliphatic rings. The predicted octanol–water partition coefficient (Wildman–Crippen LogP) is 3.67. The van der Waals surface area contributed by atoms with Gasteiger partial charge in [-0.2, -0.15) is 0 Å². The summed E-state index contributed by atoms with van der Waals surface area (Å²) >= 11 is 0. The summed E-state index contributed by atoms with van der Waals surface area (Å²) < 4.78 is 0. The fourth-order valence-electron chi connectivity index (χ4n) is 1.07. The molecular weight excluding hydrogens is 158 g/mol. The Morgan fingerprint density at radius 1 is 1.31 bits per heavy atom. The molecule has 1 heteroatoms. The molecule has 0 aliphatic heterocycles. The molecule has 0 aromatic heterocycles. The van der Waals surface area contributed by atoms with Gasteiger partial charge in [0.1, 0.15) is 0 Å². The van der Waals surface area contributed by atoms with Crippen LogP contribution < -0.4 is 0 Å². The lowest BCUT2D eigenvalue weighted by Crippen LogP contribution is -2.18. The van der Waals surface area contributed by atoms with Crippen molar-refractivity contribution in [3.8, 4) is 0 Å². The second kappa shape index (κ2) is 5.31. The van der Waals surface area contributed by atoms with Gasteiger partial charge in [-0.15, -0.1) is 0 Å². The summed E-state index contributed by atoms with van der Waals surface area (Å²) in [5.74, 6) is 0. The van der Waals surface area contributed by atoms with Gasteiger partial charge >= 0.3 is 0 Å². The highest BCUT2D eigenvalue weighted by Gasteiger charge is 2.15. The van der Waals surface area contributed by atoms with Crippen LogP contribution in [0.1, 0.15) is 47.0 Å². The molecule has 0 aliphatic carbocycles. The minimum atomic E-state index is 0.470. The smallest absolute Gasteiger partial charge is 0.0143 e. The quantitative estimate of drug-likeness (QED) is 0.607. The van der Waals surface area contributed by atoms with E-state index < -0.39 is 0 Å². The molecule has 0 N–H and O–H groups in total. The largest absolute Gasteiger partial charge is 0.379 e. The van der Waals surface area contributed by atoms with E-state index in [1.165, 1.54) is 18.5 Å². The lowest BCUT2D eigenvalue weighted by molar-refractivity contribution is 0.304. The number of rotatable bonds is 6. The number of hydrogen-bond acceptors (Lipinski definition) is 1. The summed E-state index contributed by atoms with van der Waals surface area (Å²) in [5.41, 5.74) is 1.74. The van der Waals surface area contributed by atoms with Gasteiger partial charge in [0.15, 0.2) is 0 Å². The summed E-state index contributed by atoms with van der Waals surface area (Å²) in [4.78, 5) is 2.23. The molecule has 78 valence electrons. The molecule has 0 saturated heterocycles. The van der Waals surface area contributed by atoms with Gasteiger partial charge in [-0.05, 0) is 25.2 Å². The Hall–Kier alpha value is -0.460. The monoisotopic (exact) mass is 183 g/mol. The predicted molar refractivity (Wildman–Crippen MR) is 60.8 cm³/mol. The van der Waals surface area contributed by atoms with Crippen LogP contribution in [0.4, 0.5) is 0 Å². The minimum Gasteiger partial charge on any atom is -0.379 e. The van der Waals surface area contributed by atoms with E-state index in [1.807, 2.05) is 0 Å². The van der Waals surface area contributed by atoms with Crippen molar-refractivity contribution in [3.05, 3.63) is 12.3 Å². The highest BCUT2D eigenvalue weighted by atomic mass is 15.1. The maximum Gasteiger partial charge on any atom is 0.0143 e. The Balaban J connectivity index is 3.83. The molecule has 0 heterocycles. The van der Waals surface area contributed by atoms with Gasteiger partial charge in [0.25, 0.3) is 0 Å².